The van der Waals surface area contributed by atoms with Crippen molar-refractivity contribution in [2.24, 2.45) is 0 Å². The number of urea groups is 1. The molecule has 2 N–H and O–H groups in total. The van der Waals surface area contributed by atoms with Crippen molar-refractivity contribution in [2.75, 3.05) is 25.0 Å². The van der Waals surface area contributed by atoms with Gasteiger partial charge in [0.2, 0.25) is 0 Å². The number of benzene rings is 3. The topological polar surface area (TPSA) is 70.7 Å². The number of anilines is 1. The van der Waals surface area contributed by atoms with E-state index in [2.05, 4.69) is 10.6 Å². The lowest BCUT2D eigenvalue weighted by molar-refractivity contribution is 0.0950. The number of rotatable bonds is 7. The lowest BCUT2D eigenvalue weighted by Gasteiger charge is -2.33. The van der Waals surface area contributed by atoms with Gasteiger partial charge in [-0.3, -0.25) is 4.79 Å². The standard InChI is InChI=1S/C28H31N3O3/c1-2-34-26-16-7-6-10-23(26)19-29-27(32)22-12-8-11-21(18-22)24-13-9-17-31(20-24)28(33)30-25-14-4-3-5-15-25/h3-8,10-12,14-16,18,24H,2,9,13,17,19-20H2,1H3,(H,29,32)(H,30,33)/t24-/m1/s1. The normalized spacial score (nSPS) is 15.4. The fraction of sp³-hybridized carbons (Fsp3) is 0.286. The maximum absolute atomic E-state index is 12.9. The number of hydrogen-bond donors (Lipinski definition) is 2. The summed E-state index contributed by atoms with van der Waals surface area (Å²) in [6.07, 6.45) is 1.92. The van der Waals surface area contributed by atoms with Crippen molar-refractivity contribution in [1.29, 1.82) is 0 Å². The van der Waals surface area contributed by atoms with E-state index in [4.69, 9.17) is 4.74 Å². The molecule has 1 saturated heterocycles. The SMILES string of the molecule is CCOc1ccccc1CNC(=O)c1cccc([C@@H]2CCCN(C(=O)Nc3ccccc3)C2)c1. The van der Waals surface area contributed by atoms with Gasteiger partial charge in [0.1, 0.15) is 5.75 Å². The van der Waals surface area contributed by atoms with E-state index in [9.17, 15) is 9.59 Å². The van der Waals surface area contributed by atoms with Gasteiger partial charge in [-0.15, -0.1) is 0 Å². The summed E-state index contributed by atoms with van der Waals surface area (Å²) in [7, 11) is 0. The number of carbonyl (C=O) groups is 2. The first-order chi connectivity index (χ1) is 16.6. The zero-order valence-electron chi connectivity index (χ0n) is 19.5. The highest BCUT2D eigenvalue weighted by atomic mass is 16.5. The van der Waals surface area contributed by atoms with Gasteiger partial charge < -0.3 is 20.3 Å². The maximum Gasteiger partial charge on any atom is 0.321 e. The van der Waals surface area contributed by atoms with Crippen LogP contribution in [0.3, 0.4) is 0 Å². The van der Waals surface area contributed by atoms with Crippen LogP contribution >= 0.6 is 0 Å². The third-order valence-electron chi connectivity index (χ3n) is 6.07. The first-order valence-electron chi connectivity index (χ1n) is 11.8. The highest BCUT2D eigenvalue weighted by Crippen LogP contribution is 2.28. The van der Waals surface area contributed by atoms with Crippen molar-refractivity contribution in [3.63, 3.8) is 0 Å². The Morgan fingerprint density at radius 2 is 1.79 bits per heavy atom. The van der Waals surface area contributed by atoms with Gasteiger partial charge in [0, 0.05) is 42.4 Å². The largest absolute Gasteiger partial charge is 0.494 e. The summed E-state index contributed by atoms with van der Waals surface area (Å²) in [4.78, 5) is 27.5. The summed E-state index contributed by atoms with van der Waals surface area (Å²) >= 11 is 0. The number of ether oxygens (including phenoxy) is 1. The molecule has 176 valence electrons. The van der Waals surface area contributed by atoms with Crippen molar-refractivity contribution in [1.82, 2.24) is 10.2 Å². The fourth-order valence-electron chi connectivity index (χ4n) is 4.32. The summed E-state index contributed by atoms with van der Waals surface area (Å²) in [5, 5.41) is 5.98. The van der Waals surface area contributed by atoms with Crippen molar-refractivity contribution in [3.8, 4) is 5.75 Å². The molecule has 0 spiro atoms. The average molecular weight is 458 g/mol. The van der Waals surface area contributed by atoms with Crippen LogP contribution in [0.15, 0.2) is 78.9 Å². The van der Waals surface area contributed by atoms with Gasteiger partial charge in [0.05, 0.1) is 6.61 Å². The molecule has 3 aromatic rings. The Kier molecular flexibility index (Phi) is 7.81. The predicted molar refractivity (Wildman–Crippen MR) is 134 cm³/mol. The summed E-state index contributed by atoms with van der Waals surface area (Å²) in [5.41, 5.74) is 3.44. The van der Waals surface area contributed by atoms with Gasteiger partial charge in [0.25, 0.3) is 5.91 Å². The lowest BCUT2D eigenvalue weighted by Crippen LogP contribution is -2.41. The molecule has 0 bridgehead atoms. The van der Waals surface area contributed by atoms with Crippen LogP contribution in [-0.4, -0.2) is 36.5 Å². The minimum absolute atomic E-state index is 0.0854. The highest BCUT2D eigenvalue weighted by molar-refractivity contribution is 5.94. The minimum atomic E-state index is -0.123. The minimum Gasteiger partial charge on any atom is -0.494 e. The monoisotopic (exact) mass is 457 g/mol. The Bertz CT molecular complexity index is 1120. The molecule has 3 amide bonds. The summed E-state index contributed by atoms with van der Waals surface area (Å²) < 4.78 is 5.65. The van der Waals surface area contributed by atoms with Crippen molar-refractivity contribution >= 4 is 17.6 Å². The number of nitrogens with one attached hydrogen (secondary N) is 2. The summed E-state index contributed by atoms with van der Waals surface area (Å²) in [5.74, 6) is 0.861. The van der Waals surface area contributed by atoms with E-state index in [0.717, 1.165) is 42.0 Å². The molecule has 0 saturated carbocycles. The Morgan fingerprint density at radius 1 is 1.00 bits per heavy atom. The second-order valence-corrected chi connectivity index (χ2v) is 8.43. The Balaban J connectivity index is 1.38. The van der Waals surface area contributed by atoms with E-state index in [1.165, 1.54) is 0 Å². The molecule has 0 aromatic heterocycles. The zero-order chi connectivity index (χ0) is 23.8. The van der Waals surface area contributed by atoms with Crippen LogP contribution in [0.25, 0.3) is 0 Å². The molecule has 1 atom stereocenters. The third-order valence-corrected chi connectivity index (χ3v) is 6.07. The van der Waals surface area contributed by atoms with Crippen LogP contribution in [0, 0.1) is 0 Å². The van der Waals surface area contributed by atoms with Crippen LogP contribution in [0.1, 0.15) is 47.2 Å². The van der Waals surface area contributed by atoms with Crippen LogP contribution in [-0.2, 0) is 6.54 Å². The van der Waals surface area contributed by atoms with E-state index in [1.54, 1.807) is 0 Å². The smallest absolute Gasteiger partial charge is 0.321 e. The predicted octanol–water partition coefficient (Wildman–Crippen LogP) is 5.43. The fourth-order valence-corrected chi connectivity index (χ4v) is 4.32. The van der Waals surface area contributed by atoms with Gasteiger partial charge >= 0.3 is 6.03 Å². The number of nitrogens with zero attached hydrogens (tertiary/aromatic N) is 1. The molecular weight excluding hydrogens is 426 g/mol. The van der Waals surface area contributed by atoms with E-state index >= 15 is 0 Å². The number of carbonyl (C=O) groups excluding carboxylic acids is 2. The number of hydrogen-bond acceptors (Lipinski definition) is 3. The van der Waals surface area contributed by atoms with Crippen LogP contribution < -0.4 is 15.4 Å². The van der Waals surface area contributed by atoms with E-state index in [-0.39, 0.29) is 17.9 Å². The third kappa shape index (κ3) is 5.95. The summed E-state index contributed by atoms with van der Waals surface area (Å²) in [6.45, 7) is 4.28. The lowest BCUT2D eigenvalue weighted by atomic mass is 9.89. The Hall–Kier alpha value is -3.80. The molecule has 1 aliphatic rings. The number of amides is 3. The molecule has 1 fully saturated rings. The molecule has 1 heterocycles. The second-order valence-electron chi connectivity index (χ2n) is 8.43. The molecule has 1 aliphatic heterocycles. The highest BCUT2D eigenvalue weighted by Gasteiger charge is 2.25. The van der Waals surface area contributed by atoms with Gasteiger partial charge in [-0.2, -0.15) is 0 Å². The Morgan fingerprint density at radius 3 is 2.62 bits per heavy atom. The van der Waals surface area contributed by atoms with Crippen LogP contribution in [0.4, 0.5) is 10.5 Å². The quantitative estimate of drug-likeness (QED) is 0.497. The van der Waals surface area contributed by atoms with Gasteiger partial charge in [0.15, 0.2) is 0 Å². The molecule has 0 unspecified atom stereocenters. The molecule has 34 heavy (non-hydrogen) atoms. The first kappa shape index (κ1) is 23.4. The van der Waals surface area contributed by atoms with Crippen LogP contribution in [0.2, 0.25) is 0 Å². The van der Waals surface area contributed by atoms with Gasteiger partial charge in [-0.1, -0.05) is 48.5 Å². The zero-order valence-corrected chi connectivity index (χ0v) is 19.5. The molecule has 0 radical (unpaired) electrons. The van der Waals surface area contributed by atoms with Gasteiger partial charge in [-0.05, 0) is 55.7 Å². The van der Waals surface area contributed by atoms with Crippen molar-refractivity contribution in [2.45, 2.75) is 32.2 Å². The van der Waals surface area contributed by atoms with E-state index in [1.807, 2.05) is 90.7 Å². The number of piperidine rings is 1. The molecule has 4 rings (SSSR count). The molecule has 6 heteroatoms. The number of likely N-dealkylation sites (tertiary alicyclic amines) is 1. The van der Waals surface area contributed by atoms with Gasteiger partial charge in [-0.25, -0.2) is 4.79 Å². The average Bonchev–Trinajstić information content (AvgIpc) is 2.89. The Labute approximate surface area is 200 Å². The molecule has 0 aliphatic carbocycles. The van der Waals surface area contributed by atoms with Crippen LogP contribution in [0.5, 0.6) is 5.75 Å². The molecule has 6 nitrogen and oxygen atoms in total. The van der Waals surface area contributed by atoms with E-state index in [0.29, 0.717) is 25.3 Å². The van der Waals surface area contributed by atoms with Crippen molar-refractivity contribution < 1.29 is 14.3 Å². The maximum atomic E-state index is 12.9. The second kappa shape index (κ2) is 11.4. The van der Waals surface area contributed by atoms with E-state index < -0.39 is 0 Å². The molecular formula is C28H31N3O3. The first-order valence-corrected chi connectivity index (χ1v) is 11.8. The van der Waals surface area contributed by atoms with Crippen molar-refractivity contribution in [3.05, 3.63) is 95.6 Å². The number of para-hydroxylation sites is 2. The molecule has 3 aromatic carbocycles. The summed E-state index contributed by atoms with van der Waals surface area (Å²) in [6, 6.07) is 24.9.